The molecule has 3 nitrogen and oxygen atoms in total. The Bertz CT molecular complexity index is 509. The van der Waals surface area contributed by atoms with Gasteiger partial charge in [0.2, 0.25) is 0 Å². The highest BCUT2D eigenvalue weighted by molar-refractivity contribution is 6.30. The van der Waals surface area contributed by atoms with Gasteiger partial charge in [-0.05, 0) is 37.1 Å². The molecule has 0 saturated carbocycles. The van der Waals surface area contributed by atoms with Gasteiger partial charge in [-0.3, -0.25) is 4.98 Å². The molecule has 0 fully saturated rings. The average molecular weight is 248 g/mol. The van der Waals surface area contributed by atoms with Crippen molar-refractivity contribution in [2.75, 3.05) is 5.32 Å². The molecule has 0 unspecified atom stereocenters. The minimum absolute atomic E-state index is 0.545. The zero-order valence-electron chi connectivity index (χ0n) is 9.87. The Hall–Kier alpha value is -1.61. The van der Waals surface area contributed by atoms with E-state index in [1.54, 1.807) is 6.20 Å². The Morgan fingerprint density at radius 3 is 2.65 bits per heavy atom. The van der Waals surface area contributed by atoms with E-state index in [0.717, 1.165) is 22.5 Å². The summed E-state index contributed by atoms with van der Waals surface area (Å²) < 4.78 is 0. The molecular weight excluding hydrogens is 234 g/mol. The van der Waals surface area contributed by atoms with Crippen molar-refractivity contribution in [3.05, 3.63) is 52.6 Å². The molecule has 4 heteroatoms. The lowest BCUT2D eigenvalue weighted by atomic mass is 10.2. The summed E-state index contributed by atoms with van der Waals surface area (Å²) in [5, 5.41) is 3.81. The number of aromatic nitrogens is 2. The summed E-state index contributed by atoms with van der Waals surface area (Å²) in [6.07, 6.45) is 3.59. The van der Waals surface area contributed by atoms with Gasteiger partial charge in [0.05, 0.1) is 24.1 Å². The largest absolute Gasteiger partial charge is 0.378 e. The number of rotatable bonds is 3. The fourth-order valence-corrected chi connectivity index (χ4v) is 1.55. The van der Waals surface area contributed by atoms with E-state index in [1.165, 1.54) is 0 Å². The summed E-state index contributed by atoms with van der Waals surface area (Å²) >= 11 is 5.86. The second-order valence-corrected chi connectivity index (χ2v) is 4.37. The van der Waals surface area contributed by atoms with Gasteiger partial charge in [0.1, 0.15) is 5.15 Å². The third-order valence-corrected chi connectivity index (χ3v) is 2.86. The predicted octanol–water partition coefficient (Wildman–Crippen LogP) is 3.36. The van der Waals surface area contributed by atoms with Crippen molar-refractivity contribution in [3.8, 4) is 0 Å². The summed E-state index contributed by atoms with van der Waals surface area (Å²) in [6.45, 7) is 4.64. The van der Waals surface area contributed by atoms with Crippen molar-refractivity contribution in [2.24, 2.45) is 0 Å². The maximum absolute atomic E-state index is 5.86. The van der Waals surface area contributed by atoms with Crippen molar-refractivity contribution in [1.82, 2.24) is 9.97 Å². The van der Waals surface area contributed by atoms with Crippen molar-refractivity contribution >= 4 is 17.3 Å². The number of hydrogen-bond donors (Lipinski definition) is 1. The lowest BCUT2D eigenvalue weighted by Crippen LogP contribution is -2.02. The van der Waals surface area contributed by atoms with Gasteiger partial charge in [-0.2, -0.15) is 0 Å². The van der Waals surface area contributed by atoms with E-state index in [-0.39, 0.29) is 0 Å². The summed E-state index contributed by atoms with van der Waals surface area (Å²) in [7, 11) is 0. The zero-order valence-corrected chi connectivity index (χ0v) is 10.6. The van der Waals surface area contributed by atoms with Gasteiger partial charge >= 0.3 is 0 Å². The zero-order chi connectivity index (χ0) is 12.3. The molecule has 2 aromatic heterocycles. The van der Waals surface area contributed by atoms with Gasteiger partial charge in [0.25, 0.3) is 0 Å². The fraction of sp³-hybridized carbons (Fsp3) is 0.231. The van der Waals surface area contributed by atoms with Crippen molar-refractivity contribution in [1.29, 1.82) is 0 Å². The predicted molar refractivity (Wildman–Crippen MR) is 70.3 cm³/mol. The Kier molecular flexibility index (Phi) is 3.59. The molecule has 0 atom stereocenters. The third kappa shape index (κ3) is 3.17. The van der Waals surface area contributed by atoms with Crippen LogP contribution in [0.2, 0.25) is 5.15 Å². The molecule has 0 aliphatic heterocycles. The van der Waals surface area contributed by atoms with E-state index in [4.69, 9.17) is 11.6 Å². The average Bonchev–Trinajstić information content (AvgIpc) is 2.33. The van der Waals surface area contributed by atoms with E-state index < -0.39 is 0 Å². The minimum Gasteiger partial charge on any atom is -0.378 e. The van der Waals surface area contributed by atoms with Crippen LogP contribution in [0.25, 0.3) is 0 Å². The Labute approximate surface area is 106 Å². The summed E-state index contributed by atoms with van der Waals surface area (Å²) in [6, 6.07) is 6.04. The van der Waals surface area contributed by atoms with Crippen LogP contribution in [0.1, 0.15) is 16.8 Å². The normalized spacial score (nSPS) is 10.3. The number of anilines is 1. The number of pyridine rings is 2. The SMILES string of the molecule is Cc1ccc(CNc2cnc(Cl)c(C)c2)nc1. The van der Waals surface area contributed by atoms with Gasteiger partial charge in [-0.25, -0.2) is 4.98 Å². The van der Waals surface area contributed by atoms with Crippen LogP contribution < -0.4 is 5.32 Å². The number of nitrogens with one attached hydrogen (secondary N) is 1. The number of aryl methyl sites for hydroxylation is 2. The van der Waals surface area contributed by atoms with E-state index >= 15 is 0 Å². The van der Waals surface area contributed by atoms with E-state index in [2.05, 4.69) is 21.4 Å². The molecule has 2 rings (SSSR count). The van der Waals surface area contributed by atoms with Crippen LogP contribution in [-0.4, -0.2) is 9.97 Å². The Balaban J connectivity index is 2.02. The molecule has 0 aliphatic rings. The number of hydrogen-bond acceptors (Lipinski definition) is 3. The minimum atomic E-state index is 0.545. The van der Waals surface area contributed by atoms with Gasteiger partial charge in [-0.1, -0.05) is 17.7 Å². The molecule has 0 radical (unpaired) electrons. The first-order chi connectivity index (χ1) is 8.15. The highest BCUT2D eigenvalue weighted by Gasteiger charge is 1.99. The molecule has 17 heavy (non-hydrogen) atoms. The lowest BCUT2D eigenvalue weighted by molar-refractivity contribution is 1.03. The molecule has 2 aromatic rings. The van der Waals surface area contributed by atoms with Crippen LogP contribution in [-0.2, 0) is 6.54 Å². The van der Waals surface area contributed by atoms with Crippen LogP contribution in [0, 0.1) is 13.8 Å². The van der Waals surface area contributed by atoms with E-state index in [0.29, 0.717) is 11.7 Å². The van der Waals surface area contributed by atoms with Gasteiger partial charge in [0.15, 0.2) is 0 Å². The number of halogens is 1. The highest BCUT2D eigenvalue weighted by atomic mass is 35.5. The van der Waals surface area contributed by atoms with Crippen LogP contribution in [0.3, 0.4) is 0 Å². The van der Waals surface area contributed by atoms with Gasteiger partial charge in [0, 0.05) is 6.20 Å². The summed E-state index contributed by atoms with van der Waals surface area (Å²) in [5.41, 5.74) is 4.09. The molecule has 0 aromatic carbocycles. The maximum atomic E-state index is 5.86. The summed E-state index contributed by atoms with van der Waals surface area (Å²) in [5.74, 6) is 0. The van der Waals surface area contributed by atoms with Gasteiger partial charge in [-0.15, -0.1) is 0 Å². The first-order valence-corrected chi connectivity index (χ1v) is 5.80. The molecule has 0 bridgehead atoms. The molecular formula is C13H14ClN3. The quantitative estimate of drug-likeness (QED) is 0.846. The van der Waals surface area contributed by atoms with Crippen LogP contribution >= 0.6 is 11.6 Å². The van der Waals surface area contributed by atoms with Crippen molar-refractivity contribution in [3.63, 3.8) is 0 Å². The molecule has 0 amide bonds. The van der Waals surface area contributed by atoms with Crippen LogP contribution in [0.4, 0.5) is 5.69 Å². The first kappa shape index (κ1) is 11.9. The van der Waals surface area contributed by atoms with E-state index in [1.807, 2.05) is 32.2 Å². The maximum Gasteiger partial charge on any atom is 0.132 e. The van der Waals surface area contributed by atoms with Crippen LogP contribution in [0.15, 0.2) is 30.6 Å². The van der Waals surface area contributed by atoms with Gasteiger partial charge < -0.3 is 5.32 Å². The second kappa shape index (κ2) is 5.15. The third-order valence-electron chi connectivity index (χ3n) is 2.46. The smallest absolute Gasteiger partial charge is 0.132 e. The monoisotopic (exact) mass is 247 g/mol. The standard InChI is InChI=1S/C13H14ClN3/c1-9-3-4-11(15-6-9)7-16-12-5-10(2)13(14)17-8-12/h3-6,8,16H,7H2,1-2H3. The molecule has 2 heterocycles. The fourth-order valence-electron chi connectivity index (χ4n) is 1.45. The van der Waals surface area contributed by atoms with Crippen molar-refractivity contribution < 1.29 is 0 Å². The van der Waals surface area contributed by atoms with Crippen molar-refractivity contribution in [2.45, 2.75) is 20.4 Å². The molecule has 1 N–H and O–H groups in total. The topological polar surface area (TPSA) is 37.8 Å². The molecule has 88 valence electrons. The second-order valence-electron chi connectivity index (χ2n) is 4.01. The molecule has 0 saturated heterocycles. The first-order valence-electron chi connectivity index (χ1n) is 5.43. The van der Waals surface area contributed by atoms with Crippen LogP contribution in [0.5, 0.6) is 0 Å². The Morgan fingerprint density at radius 1 is 1.18 bits per heavy atom. The Morgan fingerprint density at radius 2 is 2.00 bits per heavy atom. The molecule has 0 spiro atoms. The van der Waals surface area contributed by atoms with E-state index in [9.17, 15) is 0 Å². The lowest BCUT2D eigenvalue weighted by Gasteiger charge is -2.07. The highest BCUT2D eigenvalue weighted by Crippen LogP contribution is 2.16. The molecule has 0 aliphatic carbocycles. The summed E-state index contributed by atoms with van der Waals surface area (Å²) in [4.78, 5) is 8.41. The number of nitrogens with zero attached hydrogens (tertiary/aromatic N) is 2.